The smallest absolute Gasteiger partial charge is 0.358 e. The fraction of sp³-hybridized carbons (Fsp3) is 0.444. The molecule has 0 bridgehead atoms. The Kier molecular flexibility index (Phi) is 6.28. The third-order valence-electron chi connectivity index (χ3n) is 4.50. The van der Waals surface area contributed by atoms with Gasteiger partial charge in [0.1, 0.15) is 5.82 Å². The van der Waals surface area contributed by atoms with E-state index in [9.17, 15) is 13.2 Å². The molecular weight excluding hydrogens is 389 g/mol. The summed E-state index contributed by atoms with van der Waals surface area (Å²) < 4.78 is 40.0. The molecule has 10 heteroatoms. The largest absolute Gasteiger partial charge is 0.433 e. The molecule has 2 N–H and O–H groups in total. The Hall–Kier alpha value is -2.49. The fourth-order valence-corrected chi connectivity index (χ4v) is 3.22. The highest BCUT2D eigenvalue weighted by atomic mass is 32.1. The molecular formula is C18H21F3N6S. The van der Waals surface area contributed by atoms with Gasteiger partial charge in [0.25, 0.3) is 0 Å². The Bertz CT molecular complexity index is 815. The number of alkyl halides is 3. The quantitative estimate of drug-likeness (QED) is 0.744. The van der Waals surface area contributed by atoms with Crippen LogP contribution in [0.1, 0.15) is 37.4 Å². The van der Waals surface area contributed by atoms with Crippen LogP contribution in [0.4, 0.5) is 24.9 Å². The van der Waals surface area contributed by atoms with Crippen molar-refractivity contribution in [1.29, 1.82) is 0 Å². The monoisotopic (exact) mass is 410 g/mol. The number of thiocarbonyl (C=S) groups is 1. The number of hydrogen-bond donors (Lipinski definition) is 2. The van der Waals surface area contributed by atoms with Crippen LogP contribution in [0.2, 0.25) is 0 Å². The molecule has 1 aliphatic heterocycles. The van der Waals surface area contributed by atoms with Gasteiger partial charge in [-0.2, -0.15) is 18.2 Å². The number of rotatable bonds is 4. The maximum Gasteiger partial charge on any atom is 0.433 e. The van der Waals surface area contributed by atoms with E-state index in [0.29, 0.717) is 13.1 Å². The lowest BCUT2D eigenvalue weighted by molar-refractivity contribution is -0.141. The summed E-state index contributed by atoms with van der Waals surface area (Å²) in [6, 6.07) is 4.77. The molecule has 1 fully saturated rings. The molecule has 1 atom stereocenters. The summed E-state index contributed by atoms with van der Waals surface area (Å²) in [5.41, 5.74) is -0.104. The van der Waals surface area contributed by atoms with Crippen molar-refractivity contribution < 1.29 is 13.2 Å². The molecule has 150 valence electrons. The number of nitrogens with one attached hydrogen (secondary N) is 2. The van der Waals surface area contributed by atoms with Crippen LogP contribution in [0.5, 0.6) is 0 Å². The Balaban J connectivity index is 1.77. The zero-order chi connectivity index (χ0) is 20.1. The maximum absolute atomic E-state index is 13.3. The third kappa shape index (κ3) is 5.28. The Labute approximate surface area is 166 Å². The number of pyridine rings is 1. The average molecular weight is 410 g/mol. The fourth-order valence-electron chi connectivity index (χ4n) is 3.05. The normalized spacial score (nSPS) is 17.3. The van der Waals surface area contributed by atoms with Crippen LogP contribution < -0.4 is 15.5 Å². The van der Waals surface area contributed by atoms with Gasteiger partial charge in [0, 0.05) is 37.6 Å². The Morgan fingerprint density at radius 1 is 1.32 bits per heavy atom. The number of hydrogen-bond acceptors (Lipinski definition) is 5. The van der Waals surface area contributed by atoms with Crippen LogP contribution in [0.25, 0.3) is 0 Å². The van der Waals surface area contributed by atoms with Crippen molar-refractivity contribution in [3.05, 3.63) is 41.9 Å². The van der Waals surface area contributed by atoms with Crippen molar-refractivity contribution in [3.63, 3.8) is 0 Å². The van der Waals surface area contributed by atoms with Crippen molar-refractivity contribution in [3.8, 4) is 0 Å². The van der Waals surface area contributed by atoms with Gasteiger partial charge in [-0.05, 0) is 50.0 Å². The Morgan fingerprint density at radius 2 is 2.14 bits per heavy atom. The lowest BCUT2D eigenvalue weighted by Gasteiger charge is -2.34. The van der Waals surface area contributed by atoms with E-state index in [-0.39, 0.29) is 22.9 Å². The molecule has 0 amide bonds. The lowest BCUT2D eigenvalue weighted by atomic mass is 10.0. The molecule has 0 saturated carbocycles. The van der Waals surface area contributed by atoms with Gasteiger partial charge >= 0.3 is 6.18 Å². The van der Waals surface area contributed by atoms with Crippen LogP contribution >= 0.6 is 12.2 Å². The summed E-state index contributed by atoms with van der Waals surface area (Å²) in [5, 5.41) is 5.73. The summed E-state index contributed by atoms with van der Waals surface area (Å²) >= 11 is 5.18. The first-order valence-corrected chi connectivity index (χ1v) is 9.40. The second-order valence-corrected chi connectivity index (χ2v) is 7.05. The number of aromatic nitrogens is 3. The van der Waals surface area contributed by atoms with E-state index < -0.39 is 11.9 Å². The molecule has 1 aliphatic rings. The second-order valence-electron chi connectivity index (χ2n) is 6.64. The molecule has 2 aromatic heterocycles. The highest BCUT2D eigenvalue weighted by molar-refractivity contribution is 7.80. The molecule has 6 nitrogen and oxygen atoms in total. The van der Waals surface area contributed by atoms with E-state index >= 15 is 0 Å². The highest BCUT2D eigenvalue weighted by Crippen LogP contribution is 2.32. The van der Waals surface area contributed by atoms with Crippen molar-refractivity contribution in [2.75, 3.05) is 16.8 Å². The van der Waals surface area contributed by atoms with Gasteiger partial charge in [0.2, 0.25) is 5.95 Å². The summed E-state index contributed by atoms with van der Waals surface area (Å²) in [6.07, 6.45) is 1.65. The third-order valence-corrected chi connectivity index (χ3v) is 4.75. The van der Waals surface area contributed by atoms with Crippen LogP contribution in [0, 0.1) is 0 Å². The Morgan fingerprint density at radius 3 is 2.82 bits per heavy atom. The first kappa shape index (κ1) is 20.2. The topological polar surface area (TPSA) is 66.0 Å². The van der Waals surface area contributed by atoms with Crippen LogP contribution in [-0.4, -0.2) is 32.7 Å². The molecule has 28 heavy (non-hydrogen) atoms. The van der Waals surface area contributed by atoms with Gasteiger partial charge in [0.15, 0.2) is 10.8 Å². The molecule has 0 radical (unpaired) electrons. The van der Waals surface area contributed by atoms with E-state index in [4.69, 9.17) is 12.2 Å². The zero-order valence-electron chi connectivity index (χ0n) is 15.3. The SMILES string of the molecule is CC1CCCCN1c1cc(C(F)(F)F)nc(NC(=S)NCc2cccnc2)n1. The highest BCUT2D eigenvalue weighted by Gasteiger charge is 2.35. The van der Waals surface area contributed by atoms with Crippen LogP contribution in [0.15, 0.2) is 30.6 Å². The maximum atomic E-state index is 13.3. The minimum atomic E-state index is -4.57. The first-order chi connectivity index (χ1) is 13.3. The van der Waals surface area contributed by atoms with Gasteiger partial charge in [-0.25, -0.2) is 4.98 Å². The predicted octanol–water partition coefficient (Wildman–Crippen LogP) is 3.76. The first-order valence-electron chi connectivity index (χ1n) is 8.99. The second kappa shape index (κ2) is 8.68. The summed E-state index contributed by atoms with van der Waals surface area (Å²) in [6.45, 7) is 3.04. The van der Waals surface area contributed by atoms with Gasteiger partial charge in [-0.15, -0.1) is 0 Å². The zero-order valence-corrected chi connectivity index (χ0v) is 16.1. The van der Waals surface area contributed by atoms with E-state index in [1.54, 1.807) is 18.5 Å². The van der Waals surface area contributed by atoms with Gasteiger partial charge in [-0.1, -0.05) is 6.07 Å². The number of nitrogens with zero attached hydrogens (tertiary/aromatic N) is 4. The minimum Gasteiger partial charge on any atom is -0.358 e. The van der Waals surface area contributed by atoms with Crippen LogP contribution in [0.3, 0.4) is 0 Å². The molecule has 2 aromatic rings. The van der Waals surface area contributed by atoms with Gasteiger partial charge in [0.05, 0.1) is 0 Å². The minimum absolute atomic E-state index is 0.119. The lowest BCUT2D eigenvalue weighted by Crippen LogP contribution is -2.38. The molecule has 0 aliphatic carbocycles. The standard InChI is InChI=1S/C18H21F3N6S/c1-12-5-2-3-8-27(12)15-9-14(18(19,20)21)24-16(25-15)26-17(28)23-11-13-6-4-7-22-10-13/h4,6-7,9-10,12H,2-3,5,8,11H2,1H3,(H2,23,24,25,26,28). The summed E-state index contributed by atoms with van der Waals surface area (Å²) in [4.78, 5) is 13.8. The predicted molar refractivity (Wildman–Crippen MR) is 105 cm³/mol. The average Bonchev–Trinajstić information content (AvgIpc) is 2.66. The van der Waals surface area contributed by atoms with Crippen molar-refractivity contribution in [1.82, 2.24) is 20.3 Å². The molecule has 0 spiro atoms. The van der Waals surface area contributed by atoms with E-state index in [0.717, 1.165) is 30.9 Å². The van der Waals surface area contributed by atoms with E-state index in [1.165, 1.54) is 0 Å². The van der Waals surface area contributed by atoms with E-state index in [2.05, 4.69) is 25.6 Å². The van der Waals surface area contributed by atoms with Gasteiger partial charge in [-0.3, -0.25) is 4.98 Å². The molecule has 1 saturated heterocycles. The van der Waals surface area contributed by atoms with Crippen molar-refractivity contribution in [2.24, 2.45) is 0 Å². The van der Waals surface area contributed by atoms with Crippen molar-refractivity contribution in [2.45, 2.75) is 44.9 Å². The number of halogens is 3. The molecule has 3 heterocycles. The van der Waals surface area contributed by atoms with Gasteiger partial charge < -0.3 is 15.5 Å². The summed E-state index contributed by atoms with van der Waals surface area (Å²) in [7, 11) is 0. The molecule has 0 aromatic carbocycles. The number of piperidine rings is 1. The molecule has 3 rings (SSSR count). The summed E-state index contributed by atoms with van der Waals surface area (Å²) in [5.74, 6) is 0.0818. The molecule has 1 unspecified atom stereocenters. The van der Waals surface area contributed by atoms with Crippen LogP contribution in [-0.2, 0) is 12.7 Å². The number of anilines is 2. The van der Waals surface area contributed by atoms with E-state index in [1.807, 2.05) is 17.9 Å². The van der Waals surface area contributed by atoms with Crippen molar-refractivity contribution >= 4 is 29.1 Å².